The summed E-state index contributed by atoms with van der Waals surface area (Å²) in [6.45, 7) is 2.09. The summed E-state index contributed by atoms with van der Waals surface area (Å²) < 4.78 is 2.57. The molecule has 7 heteroatoms. The van der Waals surface area contributed by atoms with Crippen molar-refractivity contribution in [2.75, 3.05) is 13.1 Å². The number of aryl methyl sites for hydroxylation is 1. The van der Waals surface area contributed by atoms with Crippen LogP contribution in [0.3, 0.4) is 0 Å². The zero-order valence-electron chi connectivity index (χ0n) is 13.1. The second kappa shape index (κ2) is 6.05. The number of carbonyl (C=O) groups is 1. The molecule has 0 aliphatic carbocycles. The number of hydrogen-bond acceptors (Lipinski definition) is 3. The van der Waals surface area contributed by atoms with Gasteiger partial charge >= 0.3 is 0 Å². The number of hydrogen-bond donors (Lipinski definition) is 1. The molecular formula is C17H17BrN4O2. The average molecular weight is 389 g/mol. The molecule has 24 heavy (non-hydrogen) atoms. The molecule has 0 saturated carbocycles. The molecule has 0 spiro atoms. The third-order valence-corrected chi connectivity index (χ3v) is 5.03. The SMILES string of the molecule is O=C1CCCN1CCCn1cnc2c([nH]c3ccc(Br)cc32)c1=O. The normalized spacial score (nSPS) is 15.0. The number of carbonyl (C=O) groups excluding carboxylic acids is 1. The van der Waals surface area contributed by atoms with E-state index in [2.05, 4.69) is 25.9 Å². The summed E-state index contributed by atoms with van der Waals surface area (Å²) in [4.78, 5) is 33.8. The molecule has 1 aliphatic heterocycles. The fraction of sp³-hybridized carbons (Fsp3) is 0.353. The fourth-order valence-electron chi connectivity index (χ4n) is 3.29. The van der Waals surface area contributed by atoms with Crippen LogP contribution in [0, 0.1) is 0 Å². The molecule has 4 rings (SSSR count). The lowest BCUT2D eigenvalue weighted by molar-refractivity contribution is -0.127. The second-order valence-electron chi connectivity index (χ2n) is 6.12. The van der Waals surface area contributed by atoms with Crippen LogP contribution >= 0.6 is 15.9 Å². The van der Waals surface area contributed by atoms with E-state index in [4.69, 9.17) is 0 Å². The van der Waals surface area contributed by atoms with Crippen molar-refractivity contribution in [3.63, 3.8) is 0 Å². The number of rotatable bonds is 4. The molecule has 1 N–H and O–H groups in total. The first kappa shape index (κ1) is 15.4. The van der Waals surface area contributed by atoms with Crippen LogP contribution < -0.4 is 5.56 Å². The molecule has 1 fully saturated rings. The molecule has 3 aromatic rings. The summed E-state index contributed by atoms with van der Waals surface area (Å²) in [5, 5.41) is 0.936. The first-order chi connectivity index (χ1) is 11.6. The maximum absolute atomic E-state index is 12.7. The lowest BCUT2D eigenvalue weighted by atomic mass is 10.2. The highest BCUT2D eigenvalue weighted by molar-refractivity contribution is 9.10. The van der Waals surface area contributed by atoms with Crippen LogP contribution in [0.2, 0.25) is 0 Å². The van der Waals surface area contributed by atoms with Gasteiger partial charge in [-0.05, 0) is 31.0 Å². The smallest absolute Gasteiger partial charge is 0.277 e. The van der Waals surface area contributed by atoms with Crippen molar-refractivity contribution in [1.29, 1.82) is 0 Å². The van der Waals surface area contributed by atoms with Crippen molar-refractivity contribution in [1.82, 2.24) is 19.4 Å². The number of likely N-dealkylation sites (tertiary alicyclic amines) is 1. The van der Waals surface area contributed by atoms with Gasteiger partial charge in [0, 0.05) is 41.4 Å². The molecule has 0 unspecified atom stereocenters. The minimum atomic E-state index is -0.0694. The molecule has 1 amide bonds. The zero-order chi connectivity index (χ0) is 16.7. The lowest BCUT2D eigenvalue weighted by Crippen LogP contribution is -2.28. The molecule has 124 valence electrons. The molecule has 3 heterocycles. The van der Waals surface area contributed by atoms with Gasteiger partial charge in [-0.1, -0.05) is 15.9 Å². The van der Waals surface area contributed by atoms with E-state index in [1.165, 1.54) is 0 Å². The number of nitrogens with one attached hydrogen (secondary N) is 1. The number of aromatic amines is 1. The summed E-state index contributed by atoms with van der Waals surface area (Å²) in [5.74, 6) is 0.220. The number of H-pyrrole nitrogens is 1. The molecule has 0 atom stereocenters. The predicted octanol–water partition coefficient (Wildman–Crippen LogP) is 2.65. The van der Waals surface area contributed by atoms with E-state index in [0.717, 1.165) is 34.8 Å². The van der Waals surface area contributed by atoms with Crippen LogP contribution in [0.4, 0.5) is 0 Å². The number of nitrogens with zero attached hydrogens (tertiary/aromatic N) is 3. The van der Waals surface area contributed by atoms with Crippen molar-refractivity contribution < 1.29 is 4.79 Å². The zero-order valence-corrected chi connectivity index (χ0v) is 14.7. The van der Waals surface area contributed by atoms with Gasteiger partial charge in [0.05, 0.1) is 6.33 Å². The van der Waals surface area contributed by atoms with Crippen LogP contribution in [-0.2, 0) is 11.3 Å². The van der Waals surface area contributed by atoms with Crippen molar-refractivity contribution in [2.24, 2.45) is 0 Å². The maximum Gasteiger partial charge on any atom is 0.277 e. The number of aromatic nitrogens is 3. The van der Waals surface area contributed by atoms with Crippen molar-refractivity contribution >= 4 is 43.8 Å². The first-order valence-corrected chi connectivity index (χ1v) is 8.87. The molecule has 1 aromatic carbocycles. The largest absolute Gasteiger partial charge is 0.349 e. The Morgan fingerprint density at radius 2 is 2.12 bits per heavy atom. The summed E-state index contributed by atoms with van der Waals surface area (Å²) in [6.07, 6.45) is 3.95. The van der Waals surface area contributed by atoms with E-state index in [1.807, 2.05) is 23.1 Å². The topological polar surface area (TPSA) is 71.0 Å². The van der Waals surface area contributed by atoms with Gasteiger partial charge in [-0.3, -0.25) is 14.2 Å². The van der Waals surface area contributed by atoms with E-state index >= 15 is 0 Å². The standard InChI is InChI=1S/C17H17BrN4O2/c18-11-4-5-13-12(9-11)15-16(20-13)17(24)22(10-19-15)8-2-7-21-6-1-3-14(21)23/h4-5,9-10,20H,1-3,6-8H2. The number of fused-ring (bicyclic) bond motifs is 3. The third kappa shape index (κ3) is 2.62. The Morgan fingerprint density at radius 1 is 1.25 bits per heavy atom. The highest BCUT2D eigenvalue weighted by Gasteiger charge is 2.19. The third-order valence-electron chi connectivity index (χ3n) is 4.53. The van der Waals surface area contributed by atoms with Crippen LogP contribution in [0.25, 0.3) is 21.9 Å². The van der Waals surface area contributed by atoms with Crippen molar-refractivity contribution in [2.45, 2.75) is 25.8 Å². The quantitative estimate of drug-likeness (QED) is 0.746. The maximum atomic E-state index is 12.7. The van der Waals surface area contributed by atoms with Gasteiger partial charge in [0.15, 0.2) is 0 Å². The summed E-state index contributed by atoms with van der Waals surface area (Å²) in [5.41, 5.74) is 2.06. The number of amides is 1. The minimum absolute atomic E-state index is 0.0694. The van der Waals surface area contributed by atoms with Gasteiger partial charge in [0.1, 0.15) is 11.0 Å². The Hall–Kier alpha value is -2.15. The van der Waals surface area contributed by atoms with E-state index in [9.17, 15) is 9.59 Å². The highest BCUT2D eigenvalue weighted by atomic mass is 79.9. The Bertz CT molecular complexity index is 991. The van der Waals surface area contributed by atoms with Gasteiger partial charge in [-0.15, -0.1) is 0 Å². The fourth-order valence-corrected chi connectivity index (χ4v) is 3.65. The predicted molar refractivity (Wildman–Crippen MR) is 96.0 cm³/mol. The van der Waals surface area contributed by atoms with Crippen LogP contribution in [0.5, 0.6) is 0 Å². The van der Waals surface area contributed by atoms with Gasteiger partial charge in [0.2, 0.25) is 5.91 Å². The van der Waals surface area contributed by atoms with Gasteiger partial charge in [-0.2, -0.15) is 0 Å². The summed E-state index contributed by atoms with van der Waals surface area (Å²) in [6, 6.07) is 5.83. The van der Waals surface area contributed by atoms with Crippen LogP contribution in [-0.4, -0.2) is 38.4 Å². The Morgan fingerprint density at radius 3 is 2.92 bits per heavy atom. The van der Waals surface area contributed by atoms with Crippen molar-refractivity contribution in [3.05, 3.63) is 39.4 Å². The molecule has 0 bridgehead atoms. The first-order valence-electron chi connectivity index (χ1n) is 8.07. The van der Waals surface area contributed by atoms with E-state index < -0.39 is 0 Å². The van der Waals surface area contributed by atoms with Crippen LogP contribution in [0.1, 0.15) is 19.3 Å². The van der Waals surface area contributed by atoms with Crippen LogP contribution in [0.15, 0.2) is 33.8 Å². The molecule has 2 aromatic heterocycles. The summed E-state index contributed by atoms with van der Waals surface area (Å²) >= 11 is 3.45. The van der Waals surface area contributed by atoms with E-state index in [-0.39, 0.29) is 11.5 Å². The second-order valence-corrected chi connectivity index (χ2v) is 7.04. The Balaban J connectivity index is 1.60. The van der Waals surface area contributed by atoms with E-state index in [1.54, 1.807) is 10.9 Å². The highest BCUT2D eigenvalue weighted by Crippen LogP contribution is 2.24. The van der Waals surface area contributed by atoms with Gasteiger partial charge < -0.3 is 9.88 Å². The molecule has 1 saturated heterocycles. The Kier molecular flexibility index (Phi) is 3.88. The lowest BCUT2D eigenvalue weighted by Gasteiger charge is -2.15. The minimum Gasteiger partial charge on any atom is -0.349 e. The molecule has 0 radical (unpaired) electrons. The number of benzene rings is 1. The molecule has 6 nitrogen and oxygen atoms in total. The Labute approximate surface area is 146 Å². The summed E-state index contributed by atoms with van der Waals surface area (Å²) in [7, 11) is 0. The van der Waals surface area contributed by atoms with E-state index in [0.29, 0.717) is 30.5 Å². The average Bonchev–Trinajstić information content (AvgIpc) is 3.14. The van der Waals surface area contributed by atoms with Crippen molar-refractivity contribution in [3.8, 4) is 0 Å². The van der Waals surface area contributed by atoms with Gasteiger partial charge in [-0.25, -0.2) is 4.98 Å². The molecular weight excluding hydrogens is 372 g/mol. The molecule has 1 aliphatic rings. The number of halogens is 1. The monoisotopic (exact) mass is 388 g/mol. The van der Waals surface area contributed by atoms with Gasteiger partial charge in [0.25, 0.3) is 5.56 Å².